The van der Waals surface area contributed by atoms with Gasteiger partial charge in [-0.15, -0.1) is 0 Å². The third-order valence-corrected chi connectivity index (χ3v) is 7.25. The van der Waals surface area contributed by atoms with Gasteiger partial charge in [-0.3, -0.25) is 14.4 Å². The Balaban J connectivity index is 1.58. The minimum atomic E-state index is -0.228. The number of aromatic nitrogens is 1. The van der Waals surface area contributed by atoms with Crippen LogP contribution in [0.2, 0.25) is 0 Å². The number of benzene rings is 2. The summed E-state index contributed by atoms with van der Waals surface area (Å²) < 4.78 is 2.00. The van der Waals surface area contributed by atoms with Crippen LogP contribution in [-0.4, -0.2) is 21.9 Å². The van der Waals surface area contributed by atoms with Gasteiger partial charge in [0, 0.05) is 29.6 Å². The van der Waals surface area contributed by atoms with Gasteiger partial charge in [-0.05, 0) is 30.0 Å². The summed E-state index contributed by atoms with van der Waals surface area (Å²) in [5, 5.41) is 0. The van der Waals surface area contributed by atoms with Gasteiger partial charge in [0.2, 0.25) is 5.78 Å². The van der Waals surface area contributed by atoms with E-state index in [2.05, 4.69) is 0 Å². The van der Waals surface area contributed by atoms with E-state index in [-0.39, 0.29) is 29.2 Å². The lowest BCUT2D eigenvalue weighted by Crippen LogP contribution is -2.25. The molecule has 0 amide bonds. The first kappa shape index (κ1) is 19.2. The first-order valence-electron chi connectivity index (χ1n) is 11.4. The molecule has 4 heteroatoms. The number of rotatable bonds is 3. The third-order valence-electron chi connectivity index (χ3n) is 7.25. The second kappa shape index (κ2) is 7.27. The van der Waals surface area contributed by atoms with Crippen molar-refractivity contribution < 1.29 is 14.4 Å². The molecule has 1 aromatic heterocycles. The molecule has 2 unspecified atom stereocenters. The molecular weight excluding hydrogens is 398 g/mol. The van der Waals surface area contributed by atoms with E-state index >= 15 is 0 Å². The van der Waals surface area contributed by atoms with Gasteiger partial charge in [-0.2, -0.15) is 0 Å². The lowest BCUT2D eigenvalue weighted by molar-refractivity contribution is 0.0889. The molecule has 32 heavy (non-hydrogen) atoms. The SMILES string of the molecule is O=C1C=C(c2ccccc2)C(=O)c2c1c1c(n2Cc2ccccc2)C2CCCCC2C1=O. The largest absolute Gasteiger partial charge is 0.336 e. The Hall–Kier alpha value is -3.53. The maximum Gasteiger partial charge on any atom is 0.210 e. The Morgan fingerprint density at radius 1 is 0.781 bits per heavy atom. The van der Waals surface area contributed by atoms with E-state index in [1.165, 1.54) is 6.08 Å². The summed E-state index contributed by atoms with van der Waals surface area (Å²) in [6.07, 6.45) is 5.35. The van der Waals surface area contributed by atoms with Crippen LogP contribution in [0.25, 0.3) is 5.57 Å². The second-order valence-corrected chi connectivity index (χ2v) is 9.03. The number of hydrogen-bond acceptors (Lipinski definition) is 3. The summed E-state index contributed by atoms with van der Waals surface area (Å²) in [6, 6.07) is 19.3. The fourth-order valence-electron chi connectivity index (χ4n) is 5.86. The summed E-state index contributed by atoms with van der Waals surface area (Å²) >= 11 is 0. The van der Waals surface area contributed by atoms with Crippen LogP contribution in [0, 0.1) is 5.92 Å². The molecule has 0 saturated heterocycles. The van der Waals surface area contributed by atoms with Gasteiger partial charge < -0.3 is 4.57 Å². The minimum absolute atomic E-state index is 0.0523. The summed E-state index contributed by atoms with van der Waals surface area (Å²) in [5.74, 6) is -0.292. The Labute approximate surface area is 186 Å². The molecule has 1 heterocycles. The summed E-state index contributed by atoms with van der Waals surface area (Å²) in [7, 11) is 0. The zero-order chi connectivity index (χ0) is 21.8. The summed E-state index contributed by atoms with van der Waals surface area (Å²) in [6.45, 7) is 0.482. The smallest absolute Gasteiger partial charge is 0.210 e. The highest BCUT2D eigenvalue weighted by Crippen LogP contribution is 2.50. The van der Waals surface area contributed by atoms with Crippen LogP contribution in [0.1, 0.15) is 79.6 Å². The molecule has 0 bridgehead atoms. The first-order chi connectivity index (χ1) is 15.6. The van der Waals surface area contributed by atoms with Gasteiger partial charge in [0.1, 0.15) is 5.69 Å². The predicted octanol–water partition coefficient (Wildman–Crippen LogP) is 5.47. The van der Waals surface area contributed by atoms with Crippen LogP contribution >= 0.6 is 0 Å². The zero-order valence-electron chi connectivity index (χ0n) is 17.7. The molecule has 0 N–H and O–H groups in total. The van der Waals surface area contributed by atoms with E-state index in [1.807, 2.05) is 65.2 Å². The average Bonchev–Trinajstić information content (AvgIpc) is 3.32. The highest BCUT2D eigenvalue weighted by Gasteiger charge is 2.49. The number of carbonyl (C=O) groups is 3. The van der Waals surface area contributed by atoms with E-state index in [0.717, 1.165) is 42.5 Å². The summed E-state index contributed by atoms with van der Waals surface area (Å²) in [5.41, 5.74) is 4.35. The lowest BCUT2D eigenvalue weighted by atomic mass is 9.80. The van der Waals surface area contributed by atoms with E-state index in [4.69, 9.17) is 0 Å². The van der Waals surface area contributed by atoms with E-state index < -0.39 is 0 Å². The van der Waals surface area contributed by atoms with Crippen molar-refractivity contribution in [3.05, 3.63) is 100 Å². The van der Waals surface area contributed by atoms with Gasteiger partial charge in [0.05, 0.1) is 11.1 Å². The van der Waals surface area contributed by atoms with E-state index in [1.54, 1.807) is 0 Å². The van der Waals surface area contributed by atoms with Crippen molar-refractivity contribution >= 4 is 22.9 Å². The monoisotopic (exact) mass is 421 g/mol. The summed E-state index contributed by atoms with van der Waals surface area (Å²) in [4.78, 5) is 40.7. The van der Waals surface area contributed by atoms with Crippen LogP contribution in [0.4, 0.5) is 0 Å². The molecule has 2 atom stereocenters. The third kappa shape index (κ3) is 2.72. The molecule has 0 aliphatic heterocycles. The van der Waals surface area contributed by atoms with Gasteiger partial charge in [0.25, 0.3) is 0 Å². The molecule has 1 fully saturated rings. The maximum atomic E-state index is 13.8. The van der Waals surface area contributed by atoms with Gasteiger partial charge in [0.15, 0.2) is 11.6 Å². The predicted molar refractivity (Wildman–Crippen MR) is 122 cm³/mol. The van der Waals surface area contributed by atoms with Crippen molar-refractivity contribution in [2.24, 2.45) is 5.92 Å². The van der Waals surface area contributed by atoms with Crippen molar-refractivity contribution in [2.45, 2.75) is 38.1 Å². The molecule has 0 spiro atoms. The van der Waals surface area contributed by atoms with Gasteiger partial charge in [-0.1, -0.05) is 73.5 Å². The number of allylic oxidation sites excluding steroid dienone is 2. The number of hydrogen-bond donors (Lipinski definition) is 0. The molecule has 6 rings (SSSR count). The highest BCUT2D eigenvalue weighted by molar-refractivity contribution is 6.40. The Bertz CT molecular complexity index is 1300. The first-order valence-corrected chi connectivity index (χ1v) is 11.4. The van der Waals surface area contributed by atoms with Crippen LogP contribution in [0.5, 0.6) is 0 Å². The topological polar surface area (TPSA) is 56.1 Å². The van der Waals surface area contributed by atoms with Crippen molar-refractivity contribution in [3.8, 4) is 0 Å². The Kier molecular flexibility index (Phi) is 4.35. The Morgan fingerprint density at radius 2 is 1.44 bits per heavy atom. The molecule has 3 aromatic rings. The molecule has 158 valence electrons. The molecule has 4 nitrogen and oxygen atoms in total. The number of Topliss-reactive ketones (excluding diaryl/α,β-unsaturated/α-hetero) is 2. The van der Waals surface area contributed by atoms with Crippen LogP contribution in [0.3, 0.4) is 0 Å². The fraction of sp³-hybridized carbons (Fsp3) is 0.250. The van der Waals surface area contributed by atoms with Gasteiger partial charge >= 0.3 is 0 Å². The van der Waals surface area contributed by atoms with E-state index in [9.17, 15) is 14.4 Å². The molecule has 0 radical (unpaired) electrons. The molecule has 3 aliphatic carbocycles. The van der Waals surface area contributed by atoms with Crippen LogP contribution < -0.4 is 0 Å². The van der Waals surface area contributed by atoms with Crippen molar-refractivity contribution in [2.75, 3.05) is 0 Å². The van der Waals surface area contributed by atoms with Crippen LogP contribution in [0.15, 0.2) is 66.7 Å². The van der Waals surface area contributed by atoms with E-state index in [0.29, 0.717) is 28.9 Å². The lowest BCUT2D eigenvalue weighted by Gasteiger charge is -2.27. The number of carbonyl (C=O) groups excluding carboxylic acids is 3. The van der Waals surface area contributed by atoms with Crippen molar-refractivity contribution in [3.63, 3.8) is 0 Å². The van der Waals surface area contributed by atoms with Crippen molar-refractivity contribution in [1.82, 2.24) is 4.57 Å². The van der Waals surface area contributed by atoms with Gasteiger partial charge in [-0.25, -0.2) is 0 Å². The highest BCUT2D eigenvalue weighted by atomic mass is 16.1. The quantitative estimate of drug-likeness (QED) is 0.564. The average molecular weight is 421 g/mol. The minimum Gasteiger partial charge on any atom is -0.336 e. The van der Waals surface area contributed by atoms with Crippen molar-refractivity contribution in [1.29, 1.82) is 0 Å². The number of fused-ring (bicyclic) bond motifs is 5. The maximum absolute atomic E-state index is 13.8. The standard InChI is InChI=1S/C28H23NO3/c30-22-15-21(18-11-5-2-6-12-18)28(32)26-23(22)24-25(19-13-7-8-14-20(19)27(24)31)29(26)16-17-9-3-1-4-10-17/h1-6,9-12,15,19-20H,7-8,13-14,16H2. The van der Waals surface area contributed by atoms with Crippen LogP contribution in [-0.2, 0) is 6.54 Å². The Morgan fingerprint density at radius 3 is 2.16 bits per heavy atom. The zero-order valence-corrected chi connectivity index (χ0v) is 17.7. The molecular formula is C28H23NO3. The second-order valence-electron chi connectivity index (χ2n) is 9.03. The number of nitrogens with zero attached hydrogens (tertiary/aromatic N) is 1. The fourth-order valence-corrected chi connectivity index (χ4v) is 5.86. The molecule has 3 aliphatic rings. The molecule has 1 saturated carbocycles. The normalized spacial score (nSPS) is 21.8. The number of ketones is 3. The molecule has 2 aromatic carbocycles.